The maximum absolute atomic E-state index is 11.2. The van der Waals surface area contributed by atoms with Crippen LogP contribution in [-0.2, 0) is 10.0 Å². The molecule has 0 bridgehead atoms. The summed E-state index contributed by atoms with van der Waals surface area (Å²) in [6.07, 6.45) is 0. The first-order valence-corrected chi connectivity index (χ1v) is 5.18. The summed E-state index contributed by atoms with van der Waals surface area (Å²) in [6, 6.07) is 0.00606. The van der Waals surface area contributed by atoms with E-state index in [2.05, 4.69) is 0 Å². The Labute approximate surface area is 68.4 Å². The predicted molar refractivity (Wildman–Crippen MR) is 45.7 cm³/mol. The molecule has 0 heterocycles. The highest BCUT2D eigenvalue weighted by Gasteiger charge is 2.18. The van der Waals surface area contributed by atoms with E-state index in [-0.39, 0.29) is 18.3 Å². The zero-order chi connectivity index (χ0) is 9.07. The molecule has 0 aliphatic carbocycles. The van der Waals surface area contributed by atoms with Crippen molar-refractivity contribution in [2.75, 3.05) is 19.3 Å². The van der Waals surface area contributed by atoms with Crippen molar-refractivity contribution < 1.29 is 8.42 Å². The minimum atomic E-state index is -3.10. The molecule has 4 nitrogen and oxygen atoms in total. The third-order valence-corrected chi connectivity index (χ3v) is 3.59. The van der Waals surface area contributed by atoms with Gasteiger partial charge in [-0.2, -0.15) is 0 Å². The van der Waals surface area contributed by atoms with Crippen LogP contribution in [0.5, 0.6) is 0 Å². The van der Waals surface area contributed by atoms with E-state index < -0.39 is 10.0 Å². The first-order valence-electron chi connectivity index (χ1n) is 3.57. The van der Waals surface area contributed by atoms with Crippen LogP contribution >= 0.6 is 0 Å². The molecule has 0 saturated heterocycles. The second-order valence-electron chi connectivity index (χ2n) is 2.71. The van der Waals surface area contributed by atoms with Gasteiger partial charge < -0.3 is 5.73 Å². The molecule has 0 saturated carbocycles. The molecular formula is C6H16N2O2S. The molecule has 0 unspecified atom stereocenters. The Bertz CT molecular complexity index is 199. The average Bonchev–Trinajstić information content (AvgIpc) is 1.86. The molecule has 0 atom stereocenters. The van der Waals surface area contributed by atoms with Gasteiger partial charge in [0.2, 0.25) is 10.0 Å². The van der Waals surface area contributed by atoms with Gasteiger partial charge in [-0.3, -0.25) is 0 Å². The second kappa shape index (κ2) is 4.04. The Morgan fingerprint density at radius 2 is 1.91 bits per heavy atom. The summed E-state index contributed by atoms with van der Waals surface area (Å²) in [4.78, 5) is 0. The lowest BCUT2D eigenvalue weighted by Gasteiger charge is -2.20. The van der Waals surface area contributed by atoms with Gasteiger partial charge in [-0.25, -0.2) is 12.7 Å². The third-order valence-electron chi connectivity index (χ3n) is 1.54. The standard InChI is InChI=1S/C6H16N2O2S/c1-6(2)8(3)11(9,10)5-4-7/h6H,4-5,7H2,1-3H3. The van der Waals surface area contributed by atoms with E-state index in [1.165, 1.54) is 4.31 Å². The molecule has 0 spiro atoms. The summed E-state index contributed by atoms with van der Waals surface area (Å²) in [5.41, 5.74) is 5.15. The minimum absolute atomic E-state index is 0.00606. The molecule has 0 aliphatic rings. The quantitative estimate of drug-likeness (QED) is 0.641. The monoisotopic (exact) mass is 180 g/mol. The summed E-state index contributed by atoms with van der Waals surface area (Å²) in [5, 5.41) is 0. The number of sulfonamides is 1. The van der Waals surface area contributed by atoms with Crippen LogP contribution in [0.4, 0.5) is 0 Å². The van der Waals surface area contributed by atoms with Gasteiger partial charge in [-0.15, -0.1) is 0 Å². The smallest absolute Gasteiger partial charge is 0.215 e. The van der Waals surface area contributed by atoms with Crippen molar-refractivity contribution >= 4 is 10.0 Å². The molecule has 0 amide bonds. The summed E-state index contributed by atoms with van der Waals surface area (Å²) < 4.78 is 23.8. The Morgan fingerprint density at radius 1 is 1.45 bits per heavy atom. The zero-order valence-corrected chi connectivity index (χ0v) is 8.06. The van der Waals surface area contributed by atoms with Crippen LogP contribution in [0.3, 0.4) is 0 Å². The molecule has 0 radical (unpaired) electrons. The van der Waals surface area contributed by atoms with Gasteiger partial charge in [-0.05, 0) is 13.8 Å². The third kappa shape index (κ3) is 3.18. The lowest BCUT2D eigenvalue weighted by molar-refractivity contribution is 0.411. The fourth-order valence-corrected chi connectivity index (χ4v) is 1.84. The van der Waals surface area contributed by atoms with Gasteiger partial charge in [0.25, 0.3) is 0 Å². The maximum Gasteiger partial charge on any atom is 0.215 e. The van der Waals surface area contributed by atoms with Crippen LogP contribution < -0.4 is 5.73 Å². The lowest BCUT2D eigenvalue weighted by Crippen LogP contribution is -2.36. The van der Waals surface area contributed by atoms with Gasteiger partial charge in [0, 0.05) is 19.6 Å². The number of nitrogens with two attached hydrogens (primary N) is 1. The van der Waals surface area contributed by atoms with Crippen molar-refractivity contribution in [1.29, 1.82) is 0 Å². The van der Waals surface area contributed by atoms with Crippen molar-refractivity contribution in [3.8, 4) is 0 Å². The van der Waals surface area contributed by atoms with E-state index in [9.17, 15) is 8.42 Å². The number of hydrogen-bond acceptors (Lipinski definition) is 3. The summed E-state index contributed by atoms with van der Waals surface area (Å²) in [7, 11) is -1.54. The van der Waals surface area contributed by atoms with Gasteiger partial charge >= 0.3 is 0 Å². The number of rotatable bonds is 4. The summed E-state index contributed by atoms with van der Waals surface area (Å²) in [6.45, 7) is 3.83. The highest BCUT2D eigenvalue weighted by atomic mass is 32.2. The molecule has 11 heavy (non-hydrogen) atoms. The highest BCUT2D eigenvalue weighted by molar-refractivity contribution is 7.89. The fourth-order valence-electron chi connectivity index (χ4n) is 0.614. The molecule has 68 valence electrons. The van der Waals surface area contributed by atoms with E-state index >= 15 is 0 Å². The summed E-state index contributed by atoms with van der Waals surface area (Å²) >= 11 is 0. The van der Waals surface area contributed by atoms with Gasteiger partial charge in [0.15, 0.2) is 0 Å². The van der Waals surface area contributed by atoms with Crippen LogP contribution in [0.1, 0.15) is 13.8 Å². The fraction of sp³-hybridized carbons (Fsp3) is 1.00. The van der Waals surface area contributed by atoms with Crippen molar-refractivity contribution in [3.63, 3.8) is 0 Å². The summed E-state index contributed by atoms with van der Waals surface area (Å²) in [5.74, 6) is 0.0294. The Hall–Kier alpha value is -0.130. The Balaban J connectivity index is 4.31. The highest BCUT2D eigenvalue weighted by Crippen LogP contribution is 2.02. The van der Waals surface area contributed by atoms with Crippen molar-refractivity contribution in [3.05, 3.63) is 0 Å². The van der Waals surface area contributed by atoms with Crippen LogP contribution in [0.25, 0.3) is 0 Å². The van der Waals surface area contributed by atoms with Crippen LogP contribution in [-0.4, -0.2) is 38.1 Å². The second-order valence-corrected chi connectivity index (χ2v) is 4.86. The largest absolute Gasteiger partial charge is 0.329 e. The maximum atomic E-state index is 11.2. The van der Waals surface area contributed by atoms with Crippen LogP contribution in [0, 0.1) is 0 Å². The van der Waals surface area contributed by atoms with E-state index in [0.29, 0.717) is 0 Å². The van der Waals surface area contributed by atoms with E-state index in [1.54, 1.807) is 7.05 Å². The van der Waals surface area contributed by atoms with Crippen LogP contribution in [0.2, 0.25) is 0 Å². The Kier molecular flexibility index (Phi) is 3.99. The normalized spacial score (nSPS) is 12.9. The number of nitrogens with zero attached hydrogens (tertiary/aromatic N) is 1. The van der Waals surface area contributed by atoms with E-state index in [1.807, 2.05) is 13.8 Å². The predicted octanol–water partition coefficient (Wildman–Crippen LogP) is -0.385. The first kappa shape index (κ1) is 10.9. The zero-order valence-electron chi connectivity index (χ0n) is 7.24. The molecule has 2 N–H and O–H groups in total. The topological polar surface area (TPSA) is 63.4 Å². The molecule has 0 fully saturated rings. The first-order chi connectivity index (χ1) is 4.91. The molecule has 5 heteroatoms. The SMILES string of the molecule is CC(C)N(C)S(=O)(=O)CCN. The minimum Gasteiger partial charge on any atom is -0.329 e. The van der Waals surface area contributed by atoms with Crippen molar-refractivity contribution in [1.82, 2.24) is 4.31 Å². The van der Waals surface area contributed by atoms with E-state index in [0.717, 1.165) is 0 Å². The molecule has 0 aromatic heterocycles. The van der Waals surface area contributed by atoms with Gasteiger partial charge in [0.1, 0.15) is 0 Å². The average molecular weight is 180 g/mol. The van der Waals surface area contributed by atoms with Crippen LogP contribution in [0.15, 0.2) is 0 Å². The molecule has 0 rings (SSSR count). The van der Waals surface area contributed by atoms with Gasteiger partial charge in [-0.1, -0.05) is 0 Å². The number of hydrogen-bond donors (Lipinski definition) is 1. The van der Waals surface area contributed by atoms with E-state index in [4.69, 9.17) is 5.73 Å². The lowest BCUT2D eigenvalue weighted by atomic mass is 10.4. The molecule has 0 aromatic rings. The molecule has 0 aliphatic heterocycles. The molecule has 0 aromatic carbocycles. The Morgan fingerprint density at radius 3 is 2.18 bits per heavy atom. The van der Waals surface area contributed by atoms with Crippen molar-refractivity contribution in [2.24, 2.45) is 5.73 Å². The molecular weight excluding hydrogens is 164 g/mol. The van der Waals surface area contributed by atoms with Crippen molar-refractivity contribution in [2.45, 2.75) is 19.9 Å². The van der Waals surface area contributed by atoms with Gasteiger partial charge in [0.05, 0.1) is 5.75 Å².